The predicted molar refractivity (Wildman–Crippen MR) is 145 cm³/mol. The predicted octanol–water partition coefficient (Wildman–Crippen LogP) is 4.77. The molecule has 1 aliphatic carbocycles. The van der Waals surface area contributed by atoms with Crippen LogP contribution in [0.25, 0.3) is 0 Å². The summed E-state index contributed by atoms with van der Waals surface area (Å²) in [6.45, 7) is 5.77. The number of hydrogen-bond acceptors (Lipinski definition) is 7. The zero-order valence-corrected chi connectivity index (χ0v) is 22.8. The van der Waals surface area contributed by atoms with Crippen LogP contribution in [0.2, 0.25) is 0 Å². The molecule has 38 heavy (non-hydrogen) atoms. The smallest absolute Gasteiger partial charge is 0.385 e. The van der Waals surface area contributed by atoms with E-state index in [0.717, 1.165) is 44.2 Å². The summed E-state index contributed by atoms with van der Waals surface area (Å²) in [5.74, 6) is -0.270. The Kier molecular flexibility index (Phi) is 11.8. The van der Waals surface area contributed by atoms with Crippen molar-refractivity contribution in [1.82, 2.24) is 13.9 Å². The van der Waals surface area contributed by atoms with E-state index in [1.54, 1.807) is 28.6 Å². The molecule has 0 spiro atoms. The summed E-state index contributed by atoms with van der Waals surface area (Å²) in [6.07, 6.45) is 4.08. The van der Waals surface area contributed by atoms with Gasteiger partial charge in [0.2, 0.25) is 0 Å². The number of nitrogens with zero attached hydrogens (tertiary/aromatic N) is 2. The van der Waals surface area contributed by atoms with Crippen molar-refractivity contribution in [2.45, 2.75) is 56.3 Å². The van der Waals surface area contributed by atoms with Crippen LogP contribution in [0, 0.1) is 17.7 Å². The number of hydrogen-bond donors (Lipinski definition) is 3. The Balaban J connectivity index is 0.00000195. The number of nitrogens with two attached hydrogens (primary N) is 2. The Morgan fingerprint density at radius 2 is 1.87 bits per heavy atom. The number of halogens is 4. The normalized spacial score (nSPS) is 27.3. The third-order valence-electron chi connectivity index (χ3n) is 7.57. The van der Waals surface area contributed by atoms with Gasteiger partial charge < -0.3 is 21.1 Å². The Morgan fingerprint density at radius 1 is 1.16 bits per heavy atom. The van der Waals surface area contributed by atoms with Crippen molar-refractivity contribution < 1.29 is 22.3 Å². The minimum absolute atomic E-state index is 0.0186. The number of piperidine rings is 1. The molecule has 2 heterocycles. The van der Waals surface area contributed by atoms with E-state index in [4.69, 9.17) is 10.5 Å². The van der Waals surface area contributed by atoms with Crippen molar-refractivity contribution >= 4 is 12.1 Å². The van der Waals surface area contributed by atoms with E-state index in [2.05, 4.69) is 21.9 Å². The highest BCUT2D eigenvalue weighted by Crippen LogP contribution is 2.37. The molecular formula is C27H41F4N5OS. The Labute approximate surface area is 228 Å². The van der Waals surface area contributed by atoms with Gasteiger partial charge in [0.05, 0.1) is 24.4 Å². The summed E-state index contributed by atoms with van der Waals surface area (Å²) < 4.78 is 63.5. The van der Waals surface area contributed by atoms with E-state index in [-0.39, 0.29) is 37.0 Å². The first kappa shape index (κ1) is 30.7. The van der Waals surface area contributed by atoms with Gasteiger partial charge in [0.1, 0.15) is 5.82 Å². The van der Waals surface area contributed by atoms with Crippen molar-refractivity contribution in [3.8, 4) is 0 Å². The molecule has 1 saturated carbocycles. The van der Waals surface area contributed by atoms with Gasteiger partial charge in [-0.2, -0.15) is 13.2 Å². The second kappa shape index (κ2) is 14.6. The number of nitrogens with one attached hydrogen (secondary N) is 1. The first-order chi connectivity index (χ1) is 18.2. The minimum atomic E-state index is -4.12. The third-order valence-corrected chi connectivity index (χ3v) is 8.54. The molecule has 4 rings (SSSR count). The topological polar surface area (TPSA) is 79.8 Å². The van der Waals surface area contributed by atoms with Crippen molar-refractivity contribution in [2.24, 2.45) is 23.3 Å². The number of ether oxygens (including phenoxy) is 1. The fourth-order valence-corrected chi connectivity index (χ4v) is 6.37. The molecule has 3 aliphatic rings. The standard InChI is InChI=1S/C26H36F4N4OS.CH5N/c1-2-4-25(31)33-12-11-24(32-36-34-15-21(16-34)26(28,29)30)20(14-33)17-35-23-9-7-18(8-10-23)19-5-3-6-22(27)13-19;1-2/h2-6,13,18,20-21,23-24,32H,1,7-12,14-17,31H2;2H2,1H3/b25-4+;. The maximum absolute atomic E-state index is 13.6. The van der Waals surface area contributed by atoms with Crippen molar-refractivity contribution in [3.05, 3.63) is 60.2 Å². The van der Waals surface area contributed by atoms with Gasteiger partial charge in [-0.15, -0.1) is 0 Å². The highest BCUT2D eigenvalue weighted by molar-refractivity contribution is 7.95. The third kappa shape index (κ3) is 8.61. The van der Waals surface area contributed by atoms with Crippen LogP contribution in [0.1, 0.15) is 43.6 Å². The summed E-state index contributed by atoms with van der Waals surface area (Å²) in [4.78, 5) is 2.11. The van der Waals surface area contributed by atoms with Crippen molar-refractivity contribution in [3.63, 3.8) is 0 Å². The molecule has 6 nitrogen and oxygen atoms in total. The van der Waals surface area contributed by atoms with Gasteiger partial charge in [0.25, 0.3) is 0 Å². The molecule has 0 bridgehead atoms. The largest absolute Gasteiger partial charge is 0.394 e. The van der Waals surface area contributed by atoms with Crippen molar-refractivity contribution in [2.75, 3.05) is 39.8 Å². The molecule has 11 heteroatoms. The molecule has 0 amide bonds. The SMILES string of the molecule is C=C/C=C(\N)N1CCC(NSN2CC(C(F)(F)F)C2)C(COC2CCC(c3cccc(F)c3)CC2)C1.CN. The molecular weight excluding hydrogens is 518 g/mol. The fourth-order valence-electron chi connectivity index (χ4n) is 5.26. The van der Waals surface area contributed by atoms with Crippen LogP contribution in [-0.4, -0.2) is 67.4 Å². The molecule has 2 aliphatic heterocycles. The van der Waals surface area contributed by atoms with Crippen LogP contribution in [-0.2, 0) is 4.74 Å². The van der Waals surface area contributed by atoms with Crippen LogP contribution in [0.3, 0.4) is 0 Å². The second-order valence-electron chi connectivity index (χ2n) is 10.1. The average Bonchev–Trinajstić information content (AvgIpc) is 2.88. The fraction of sp³-hybridized carbons (Fsp3) is 0.630. The number of allylic oxidation sites excluding steroid dienone is 2. The molecule has 1 aromatic carbocycles. The van der Waals surface area contributed by atoms with Crippen LogP contribution in [0.5, 0.6) is 0 Å². The highest BCUT2D eigenvalue weighted by Gasteiger charge is 2.47. The molecule has 3 fully saturated rings. The van der Waals surface area contributed by atoms with E-state index >= 15 is 0 Å². The van der Waals surface area contributed by atoms with Gasteiger partial charge in [-0.1, -0.05) is 24.8 Å². The first-order valence-electron chi connectivity index (χ1n) is 13.2. The van der Waals surface area contributed by atoms with Crippen LogP contribution < -0.4 is 16.2 Å². The van der Waals surface area contributed by atoms with E-state index in [9.17, 15) is 17.6 Å². The minimum Gasteiger partial charge on any atom is -0.385 e. The average molecular weight is 560 g/mol. The van der Waals surface area contributed by atoms with Crippen LogP contribution in [0.4, 0.5) is 17.6 Å². The van der Waals surface area contributed by atoms with E-state index in [1.165, 1.54) is 25.2 Å². The lowest BCUT2D eigenvalue weighted by molar-refractivity contribution is -0.197. The number of benzene rings is 1. The highest BCUT2D eigenvalue weighted by atomic mass is 32.2. The summed E-state index contributed by atoms with van der Waals surface area (Å²) >= 11 is 1.29. The van der Waals surface area contributed by atoms with E-state index in [0.29, 0.717) is 24.9 Å². The summed E-state index contributed by atoms with van der Waals surface area (Å²) in [5, 5.41) is 0. The molecule has 0 aromatic heterocycles. The lowest BCUT2D eigenvalue weighted by Crippen LogP contribution is -2.54. The molecule has 2 atom stereocenters. The zero-order chi connectivity index (χ0) is 27.7. The number of rotatable bonds is 9. The quantitative estimate of drug-likeness (QED) is 0.229. The Morgan fingerprint density at radius 3 is 2.50 bits per heavy atom. The van der Waals surface area contributed by atoms with E-state index < -0.39 is 12.1 Å². The zero-order valence-electron chi connectivity index (χ0n) is 22.0. The van der Waals surface area contributed by atoms with Gasteiger partial charge in [0.15, 0.2) is 0 Å². The van der Waals surface area contributed by atoms with Gasteiger partial charge in [-0.3, -0.25) is 0 Å². The van der Waals surface area contributed by atoms with Gasteiger partial charge in [-0.25, -0.2) is 13.4 Å². The number of alkyl halides is 3. The first-order valence-corrected chi connectivity index (χ1v) is 14.0. The van der Waals surface area contributed by atoms with Gasteiger partial charge >= 0.3 is 6.18 Å². The van der Waals surface area contributed by atoms with Gasteiger partial charge in [0, 0.05) is 50.3 Å². The molecule has 2 saturated heterocycles. The lowest BCUT2D eigenvalue weighted by atomic mass is 9.82. The Hall–Kier alpha value is -1.79. The second-order valence-corrected chi connectivity index (χ2v) is 11.0. The molecule has 2 unspecified atom stereocenters. The molecule has 5 N–H and O–H groups in total. The maximum Gasteiger partial charge on any atom is 0.394 e. The summed E-state index contributed by atoms with van der Waals surface area (Å²) in [7, 11) is 1.50. The van der Waals surface area contributed by atoms with Crippen LogP contribution >= 0.6 is 12.1 Å². The van der Waals surface area contributed by atoms with Gasteiger partial charge in [-0.05, 0) is 68.8 Å². The number of likely N-dealkylation sites (tertiary alicyclic amines) is 1. The maximum atomic E-state index is 13.6. The summed E-state index contributed by atoms with van der Waals surface area (Å²) in [6, 6.07) is 6.98. The molecule has 1 aromatic rings. The van der Waals surface area contributed by atoms with Crippen LogP contribution in [0.15, 0.2) is 48.8 Å². The molecule has 214 valence electrons. The molecule has 0 radical (unpaired) electrons. The summed E-state index contributed by atoms with van der Waals surface area (Å²) in [5.41, 5.74) is 11.8. The Bertz CT molecular complexity index is 904. The van der Waals surface area contributed by atoms with E-state index in [1.807, 2.05) is 6.07 Å². The monoisotopic (exact) mass is 559 g/mol. The van der Waals surface area contributed by atoms with Crippen molar-refractivity contribution in [1.29, 1.82) is 0 Å². The lowest BCUT2D eigenvalue weighted by Gasteiger charge is -2.43.